The molecule has 9 nitrogen and oxygen atoms in total. The molecule has 148 valence electrons. The number of imidazole rings is 1. The zero-order chi connectivity index (χ0) is 20.3. The summed E-state index contributed by atoms with van der Waals surface area (Å²) in [6.45, 7) is 1.96. The number of nitrogens with one attached hydrogen (secondary N) is 1. The van der Waals surface area contributed by atoms with Crippen LogP contribution in [0, 0.1) is 6.92 Å². The van der Waals surface area contributed by atoms with Crippen molar-refractivity contribution in [2.45, 2.75) is 6.92 Å². The minimum atomic E-state index is -4.67. The molecule has 1 heterocycles. The molecular weight excluding hydrogens is 382 g/mol. The molecule has 0 fully saturated rings. The lowest BCUT2D eigenvalue weighted by atomic mass is 10.1. The maximum atomic E-state index is 10.5. The van der Waals surface area contributed by atoms with E-state index in [0.29, 0.717) is 11.6 Å². The summed E-state index contributed by atoms with van der Waals surface area (Å²) in [5.41, 5.74) is 4.49. The number of aromatic amines is 1. The van der Waals surface area contributed by atoms with Crippen LogP contribution in [0.5, 0.6) is 0 Å². The van der Waals surface area contributed by atoms with Crippen LogP contribution in [0.1, 0.15) is 5.56 Å². The first-order valence-corrected chi connectivity index (χ1v) is 9.88. The average Bonchev–Trinajstić information content (AvgIpc) is 2.96. The van der Waals surface area contributed by atoms with E-state index in [2.05, 4.69) is 19.4 Å². The fourth-order valence-electron chi connectivity index (χ4n) is 2.78. The molecule has 0 atom stereocenters. The standard InChI is InChI=1S/C18H21N5O4S/c1-13-12-14(22(2)10-11-27-28(24,25)26)8-9-15(13)20-21-18-19-16-6-4-5-7-17(16)23(18)3/h4-9,12H,10-11H2,1-3H3,(H,24,25,26). The van der Waals surface area contributed by atoms with Crippen molar-refractivity contribution >= 4 is 38.8 Å². The zero-order valence-electron chi connectivity index (χ0n) is 15.8. The van der Waals surface area contributed by atoms with Crippen molar-refractivity contribution in [2.75, 3.05) is 25.1 Å². The second-order valence-corrected chi connectivity index (χ2v) is 7.40. The van der Waals surface area contributed by atoms with Gasteiger partial charge in [-0.15, -0.1) is 0 Å². The van der Waals surface area contributed by atoms with Gasteiger partial charge in [-0.25, -0.2) is 18.0 Å². The number of benzene rings is 2. The second kappa shape index (κ2) is 8.05. The molecule has 0 aliphatic rings. The third-order valence-corrected chi connectivity index (χ3v) is 4.81. The Morgan fingerprint density at radius 3 is 2.64 bits per heavy atom. The van der Waals surface area contributed by atoms with Gasteiger partial charge < -0.3 is 9.45 Å². The van der Waals surface area contributed by atoms with Crippen molar-refractivity contribution in [3.05, 3.63) is 48.0 Å². The Labute approximate surface area is 163 Å². The first-order valence-electron chi connectivity index (χ1n) is 8.55. The van der Waals surface area contributed by atoms with Gasteiger partial charge in [-0.1, -0.05) is 17.2 Å². The molecule has 0 bridgehead atoms. The quantitative estimate of drug-likeness (QED) is 0.282. The van der Waals surface area contributed by atoms with Gasteiger partial charge in [0.1, 0.15) is 16.7 Å². The molecule has 1 aromatic heterocycles. The van der Waals surface area contributed by atoms with Crippen LogP contribution < -0.4 is 9.47 Å². The molecule has 0 radical (unpaired) electrons. The number of likely N-dealkylation sites (N-methyl/N-ethyl adjacent to an activating group) is 1. The van der Waals surface area contributed by atoms with Crippen molar-refractivity contribution in [3.63, 3.8) is 0 Å². The van der Waals surface area contributed by atoms with E-state index in [4.69, 9.17) is 0 Å². The van der Waals surface area contributed by atoms with Crippen LogP contribution in [-0.2, 0) is 21.6 Å². The molecule has 0 amide bonds. The van der Waals surface area contributed by atoms with Gasteiger partial charge in [0.15, 0.2) is 0 Å². The van der Waals surface area contributed by atoms with Gasteiger partial charge in [0.05, 0.1) is 13.7 Å². The Bertz CT molecular complexity index is 1120. The SMILES string of the molecule is Cc1cc(N(C)CCOS(=O)(=O)[O-])ccc1N=Nc1[nH]c2ccccc2[n+]1C. The molecule has 3 rings (SSSR count). The Hall–Kier alpha value is -2.82. The van der Waals surface area contributed by atoms with E-state index >= 15 is 0 Å². The second-order valence-electron chi connectivity index (χ2n) is 6.35. The number of anilines is 1. The summed E-state index contributed by atoms with van der Waals surface area (Å²) in [7, 11) is -0.975. The number of azo groups is 1. The zero-order valence-corrected chi connectivity index (χ0v) is 16.6. The van der Waals surface area contributed by atoms with Crippen LogP contribution >= 0.6 is 0 Å². The Balaban J connectivity index is 1.73. The number of aromatic nitrogens is 2. The smallest absolute Gasteiger partial charge is 0.419 e. The highest BCUT2D eigenvalue weighted by Crippen LogP contribution is 2.26. The minimum Gasteiger partial charge on any atom is -0.726 e. The van der Waals surface area contributed by atoms with Gasteiger partial charge in [-0.3, -0.25) is 4.18 Å². The van der Waals surface area contributed by atoms with E-state index in [1.807, 2.05) is 61.0 Å². The minimum absolute atomic E-state index is 0.209. The molecular formula is C18H21N5O4S. The first kappa shape index (κ1) is 19.9. The lowest BCUT2D eigenvalue weighted by Crippen LogP contribution is -2.26. The number of H-pyrrole nitrogens is 1. The summed E-state index contributed by atoms with van der Waals surface area (Å²) < 4.78 is 37.6. The van der Waals surface area contributed by atoms with E-state index < -0.39 is 10.4 Å². The number of para-hydroxylation sites is 2. The summed E-state index contributed by atoms with van der Waals surface area (Å²) in [6, 6.07) is 13.5. The molecule has 10 heteroatoms. The average molecular weight is 403 g/mol. The van der Waals surface area contributed by atoms with Crippen LogP contribution in [0.2, 0.25) is 0 Å². The molecule has 28 heavy (non-hydrogen) atoms. The van der Waals surface area contributed by atoms with E-state index in [-0.39, 0.29) is 13.2 Å². The van der Waals surface area contributed by atoms with E-state index in [1.54, 1.807) is 11.9 Å². The van der Waals surface area contributed by atoms with Gasteiger partial charge in [-0.05, 0) is 42.8 Å². The number of hydrogen-bond donors (Lipinski definition) is 1. The maximum Gasteiger partial charge on any atom is 0.419 e. The normalized spacial score (nSPS) is 12.1. The van der Waals surface area contributed by atoms with Gasteiger partial charge >= 0.3 is 5.95 Å². The highest BCUT2D eigenvalue weighted by molar-refractivity contribution is 7.80. The van der Waals surface area contributed by atoms with Crippen LogP contribution in [-0.4, -0.2) is 38.2 Å². The Morgan fingerprint density at radius 1 is 1.21 bits per heavy atom. The largest absolute Gasteiger partial charge is 0.726 e. The van der Waals surface area contributed by atoms with Crippen molar-refractivity contribution < 1.29 is 21.7 Å². The number of aryl methyl sites for hydroxylation is 2. The monoisotopic (exact) mass is 403 g/mol. The van der Waals surface area contributed by atoms with Gasteiger partial charge in [0, 0.05) is 24.4 Å². The molecule has 0 saturated heterocycles. The van der Waals surface area contributed by atoms with Gasteiger partial charge in [0.25, 0.3) is 0 Å². The summed E-state index contributed by atoms with van der Waals surface area (Å²) in [4.78, 5) is 5.01. The molecule has 0 unspecified atom stereocenters. The fraction of sp³-hybridized carbons (Fsp3) is 0.278. The van der Waals surface area contributed by atoms with Crippen molar-refractivity contribution in [1.82, 2.24) is 4.98 Å². The first-order chi connectivity index (χ1) is 13.2. The molecule has 0 aliphatic carbocycles. The van der Waals surface area contributed by atoms with Gasteiger partial charge in [0.2, 0.25) is 10.4 Å². The molecule has 3 aromatic rings. The van der Waals surface area contributed by atoms with Crippen LogP contribution in [0.3, 0.4) is 0 Å². The van der Waals surface area contributed by atoms with Crippen molar-refractivity contribution in [2.24, 2.45) is 17.3 Å². The van der Waals surface area contributed by atoms with Crippen LogP contribution in [0.4, 0.5) is 17.3 Å². The summed E-state index contributed by atoms with van der Waals surface area (Å²) in [6.07, 6.45) is 0. The lowest BCUT2D eigenvalue weighted by Gasteiger charge is -2.20. The number of rotatable bonds is 7. The fourth-order valence-corrected chi connectivity index (χ4v) is 3.06. The summed E-state index contributed by atoms with van der Waals surface area (Å²) >= 11 is 0. The van der Waals surface area contributed by atoms with E-state index in [9.17, 15) is 13.0 Å². The van der Waals surface area contributed by atoms with Crippen LogP contribution in [0.25, 0.3) is 11.0 Å². The van der Waals surface area contributed by atoms with Gasteiger partial charge in [-0.2, -0.15) is 0 Å². The summed E-state index contributed by atoms with van der Waals surface area (Å²) in [5, 5.41) is 8.66. The highest BCUT2D eigenvalue weighted by Gasteiger charge is 2.14. The third-order valence-electron chi connectivity index (χ3n) is 4.36. The molecule has 0 spiro atoms. The maximum absolute atomic E-state index is 10.5. The van der Waals surface area contributed by atoms with E-state index in [1.165, 1.54) is 0 Å². The Morgan fingerprint density at radius 2 is 1.96 bits per heavy atom. The number of hydrogen-bond acceptors (Lipinski definition) is 7. The predicted octanol–water partition coefficient (Wildman–Crippen LogP) is 2.63. The lowest BCUT2D eigenvalue weighted by molar-refractivity contribution is -0.631. The van der Waals surface area contributed by atoms with Crippen LogP contribution in [0.15, 0.2) is 52.7 Å². The Kier molecular flexibility index (Phi) is 5.73. The molecule has 0 saturated carbocycles. The number of fused-ring (bicyclic) bond motifs is 1. The topological polar surface area (TPSA) is 114 Å². The third kappa shape index (κ3) is 4.71. The highest BCUT2D eigenvalue weighted by atomic mass is 32.3. The van der Waals surface area contributed by atoms with E-state index in [0.717, 1.165) is 22.3 Å². The van der Waals surface area contributed by atoms with Crippen molar-refractivity contribution in [1.29, 1.82) is 0 Å². The molecule has 2 aromatic carbocycles. The number of nitrogens with zero attached hydrogens (tertiary/aromatic N) is 4. The van der Waals surface area contributed by atoms with Crippen molar-refractivity contribution in [3.8, 4) is 0 Å². The molecule has 1 N–H and O–H groups in total. The molecule has 0 aliphatic heterocycles. The predicted molar refractivity (Wildman–Crippen MR) is 104 cm³/mol. The summed E-state index contributed by atoms with van der Waals surface area (Å²) in [5.74, 6) is 0.637.